The predicted molar refractivity (Wildman–Crippen MR) is 125 cm³/mol. The summed E-state index contributed by atoms with van der Waals surface area (Å²) < 4.78 is 10.7. The fourth-order valence-corrected chi connectivity index (χ4v) is 3.45. The highest BCUT2D eigenvalue weighted by Gasteiger charge is 2.22. The number of hydrogen-bond donors (Lipinski definition) is 1. The van der Waals surface area contributed by atoms with Crippen LogP contribution in [-0.2, 0) is 22.5 Å². The standard InChI is InChI=1S/C25H33N3O4/c1-25(2,3)32-23(29)26-14-13-20-9-11-22(12-10-20)27-15-17-28(18-16-27)24(30)31-19-21-7-5-4-6-8-21/h4-12H,13-19H2,1-3H3,(H,26,29). The Balaban J connectivity index is 1.39. The molecule has 2 amide bonds. The number of rotatable bonds is 6. The Bertz CT molecular complexity index is 870. The molecule has 3 rings (SSSR count). The van der Waals surface area contributed by atoms with E-state index in [1.807, 2.05) is 51.1 Å². The quantitative estimate of drug-likeness (QED) is 0.730. The molecule has 1 N–H and O–H groups in total. The predicted octanol–water partition coefficient (Wildman–Crippen LogP) is 4.21. The molecule has 1 aliphatic rings. The van der Waals surface area contributed by atoms with Crippen molar-refractivity contribution in [3.63, 3.8) is 0 Å². The largest absolute Gasteiger partial charge is 0.445 e. The topological polar surface area (TPSA) is 71.1 Å². The number of alkyl carbamates (subject to hydrolysis) is 1. The van der Waals surface area contributed by atoms with E-state index in [2.05, 4.69) is 34.5 Å². The molecule has 1 saturated heterocycles. The Morgan fingerprint density at radius 3 is 2.19 bits per heavy atom. The summed E-state index contributed by atoms with van der Waals surface area (Å²) >= 11 is 0. The van der Waals surface area contributed by atoms with Crippen molar-refractivity contribution in [1.29, 1.82) is 0 Å². The molecule has 0 unspecified atom stereocenters. The highest BCUT2D eigenvalue weighted by molar-refractivity contribution is 5.68. The van der Waals surface area contributed by atoms with Crippen molar-refractivity contribution in [2.24, 2.45) is 0 Å². The molecule has 0 bridgehead atoms. The summed E-state index contributed by atoms with van der Waals surface area (Å²) in [4.78, 5) is 28.1. The molecule has 0 radical (unpaired) electrons. The van der Waals surface area contributed by atoms with E-state index < -0.39 is 11.7 Å². The summed E-state index contributed by atoms with van der Waals surface area (Å²) in [5.74, 6) is 0. The monoisotopic (exact) mass is 439 g/mol. The van der Waals surface area contributed by atoms with Crippen LogP contribution in [0.2, 0.25) is 0 Å². The third-order valence-corrected chi connectivity index (χ3v) is 5.13. The Morgan fingerprint density at radius 1 is 0.906 bits per heavy atom. The summed E-state index contributed by atoms with van der Waals surface area (Å²) in [5.41, 5.74) is 2.77. The summed E-state index contributed by atoms with van der Waals surface area (Å²) in [7, 11) is 0. The average Bonchev–Trinajstić information content (AvgIpc) is 2.77. The molecule has 0 atom stereocenters. The fourth-order valence-electron chi connectivity index (χ4n) is 3.45. The fraction of sp³-hybridized carbons (Fsp3) is 0.440. The van der Waals surface area contributed by atoms with Crippen molar-refractivity contribution in [2.45, 2.75) is 39.4 Å². The first-order valence-corrected chi connectivity index (χ1v) is 11.1. The summed E-state index contributed by atoms with van der Waals surface area (Å²) in [6, 6.07) is 18.0. The molecule has 0 spiro atoms. The first kappa shape index (κ1) is 23.4. The van der Waals surface area contributed by atoms with E-state index in [4.69, 9.17) is 9.47 Å². The van der Waals surface area contributed by atoms with Crippen LogP contribution in [-0.4, -0.2) is 55.4 Å². The van der Waals surface area contributed by atoms with Gasteiger partial charge in [0, 0.05) is 38.4 Å². The van der Waals surface area contributed by atoms with Crippen LogP contribution in [0.4, 0.5) is 15.3 Å². The van der Waals surface area contributed by atoms with E-state index in [0.717, 1.165) is 36.3 Å². The lowest BCUT2D eigenvalue weighted by molar-refractivity contribution is 0.0528. The maximum atomic E-state index is 12.3. The first-order valence-electron chi connectivity index (χ1n) is 11.1. The Morgan fingerprint density at radius 2 is 1.56 bits per heavy atom. The molecule has 0 saturated carbocycles. The molecule has 1 aliphatic heterocycles. The molecule has 1 heterocycles. The van der Waals surface area contributed by atoms with Gasteiger partial charge in [0.15, 0.2) is 0 Å². The summed E-state index contributed by atoms with van der Waals surface area (Å²) in [6.07, 6.45) is 0.0798. The van der Waals surface area contributed by atoms with Gasteiger partial charge in [-0.2, -0.15) is 0 Å². The average molecular weight is 440 g/mol. The van der Waals surface area contributed by atoms with Crippen LogP contribution in [0.1, 0.15) is 31.9 Å². The Kier molecular flexibility index (Phi) is 7.98. The molecule has 0 aliphatic carbocycles. The number of carbonyl (C=O) groups excluding carboxylic acids is 2. The third kappa shape index (κ3) is 7.48. The van der Waals surface area contributed by atoms with Crippen LogP contribution >= 0.6 is 0 Å². The number of amides is 2. The molecule has 172 valence electrons. The number of hydrogen-bond acceptors (Lipinski definition) is 5. The van der Waals surface area contributed by atoms with Crippen molar-refractivity contribution < 1.29 is 19.1 Å². The minimum Gasteiger partial charge on any atom is -0.445 e. The lowest BCUT2D eigenvalue weighted by atomic mass is 10.1. The number of carbonyl (C=O) groups is 2. The molecular formula is C25H33N3O4. The molecule has 2 aromatic carbocycles. The van der Waals surface area contributed by atoms with Gasteiger partial charge in [0.05, 0.1) is 0 Å². The van der Waals surface area contributed by atoms with Gasteiger partial charge in [-0.1, -0.05) is 42.5 Å². The van der Waals surface area contributed by atoms with E-state index in [0.29, 0.717) is 26.2 Å². The van der Waals surface area contributed by atoms with E-state index in [1.165, 1.54) is 0 Å². The minimum atomic E-state index is -0.492. The van der Waals surface area contributed by atoms with Crippen molar-refractivity contribution in [1.82, 2.24) is 10.2 Å². The van der Waals surface area contributed by atoms with E-state index in [9.17, 15) is 9.59 Å². The molecule has 2 aromatic rings. The number of nitrogens with zero attached hydrogens (tertiary/aromatic N) is 2. The molecule has 7 nitrogen and oxygen atoms in total. The zero-order valence-electron chi connectivity index (χ0n) is 19.2. The van der Waals surface area contributed by atoms with Crippen LogP contribution in [0.25, 0.3) is 0 Å². The van der Waals surface area contributed by atoms with Crippen molar-refractivity contribution in [3.05, 3.63) is 65.7 Å². The van der Waals surface area contributed by atoms with Crippen LogP contribution in [0.3, 0.4) is 0 Å². The van der Waals surface area contributed by atoms with Gasteiger partial charge in [0.2, 0.25) is 0 Å². The van der Waals surface area contributed by atoms with Crippen LogP contribution in [0.15, 0.2) is 54.6 Å². The number of piperazine rings is 1. The minimum absolute atomic E-state index is 0.263. The molecule has 7 heteroatoms. The number of ether oxygens (including phenoxy) is 2. The second-order valence-corrected chi connectivity index (χ2v) is 8.86. The first-order chi connectivity index (χ1) is 15.3. The van der Waals surface area contributed by atoms with E-state index in [-0.39, 0.29) is 6.09 Å². The second-order valence-electron chi connectivity index (χ2n) is 8.86. The van der Waals surface area contributed by atoms with Crippen LogP contribution in [0.5, 0.6) is 0 Å². The van der Waals surface area contributed by atoms with Crippen molar-refractivity contribution in [3.8, 4) is 0 Å². The number of nitrogens with one attached hydrogen (secondary N) is 1. The SMILES string of the molecule is CC(C)(C)OC(=O)NCCc1ccc(N2CCN(C(=O)OCc3ccccc3)CC2)cc1. The molecule has 32 heavy (non-hydrogen) atoms. The lowest BCUT2D eigenvalue weighted by Gasteiger charge is -2.35. The van der Waals surface area contributed by atoms with Gasteiger partial charge >= 0.3 is 12.2 Å². The van der Waals surface area contributed by atoms with Gasteiger partial charge < -0.3 is 24.6 Å². The highest BCUT2D eigenvalue weighted by Crippen LogP contribution is 2.18. The van der Waals surface area contributed by atoms with E-state index in [1.54, 1.807) is 4.90 Å². The van der Waals surface area contributed by atoms with E-state index >= 15 is 0 Å². The number of benzene rings is 2. The summed E-state index contributed by atoms with van der Waals surface area (Å²) in [5, 5.41) is 2.78. The van der Waals surface area contributed by atoms with Crippen molar-refractivity contribution >= 4 is 17.9 Å². The third-order valence-electron chi connectivity index (χ3n) is 5.13. The lowest BCUT2D eigenvalue weighted by Crippen LogP contribution is -2.48. The smallest absolute Gasteiger partial charge is 0.410 e. The zero-order chi connectivity index (χ0) is 23.0. The van der Waals surface area contributed by atoms with Gasteiger partial charge in [-0.05, 0) is 50.5 Å². The van der Waals surface area contributed by atoms with Crippen molar-refractivity contribution in [2.75, 3.05) is 37.6 Å². The van der Waals surface area contributed by atoms with Gasteiger partial charge in [-0.15, -0.1) is 0 Å². The highest BCUT2D eigenvalue weighted by atomic mass is 16.6. The van der Waals surface area contributed by atoms with Crippen LogP contribution < -0.4 is 10.2 Å². The molecule has 1 fully saturated rings. The zero-order valence-corrected chi connectivity index (χ0v) is 19.2. The maximum Gasteiger partial charge on any atom is 0.410 e. The number of anilines is 1. The Hall–Kier alpha value is -3.22. The van der Waals surface area contributed by atoms with Gasteiger partial charge in [0.25, 0.3) is 0 Å². The normalized spacial score (nSPS) is 14.1. The maximum absolute atomic E-state index is 12.3. The van der Waals surface area contributed by atoms with Gasteiger partial charge in [-0.25, -0.2) is 9.59 Å². The van der Waals surface area contributed by atoms with Gasteiger partial charge in [-0.3, -0.25) is 0 Å². The molecule has 0 aromatic heterocycles. The molecular weight excluding hydrogens is 406 g/mol. The second kappa shape index (κ2) is 10.9. The van der Waals surface area contributed by atoms with Gasteiger partial charge in [0.1, 0.15) is 12.2 Å². The van der Waals surface area contributed by atoms with Crippen LogP contribution in [0, 0.1) is 0 Å². The summed E-state index contributed by atoms with van der Waals surface area (Å²) in [6.45, 7) is 9.16. The Labute approximate surface area is 190 Å².